The standard InChI is InChI=1S/C15H21O5P/c1-10(2)14(11(3)4)15(17-5,20-19-14)12-7-6-8-13(9-12)18-21-16/h6-11H,1-5H3. The van der Waals surface area contributed by atoms with Crippen LogP contribution in [-0.2, 0) is 24.9 Å². The summed E-state index contributed by atoms with van der Waals surface area (Å²) in [7, 11) is 1.20. The molecule has 0 N–H and O–H groups in total. The van der Waals surface area contributed by atoms with E-state index in [0.717, 1.165) is 5.56 Å². The molecule has 21 heavy (non-hydrogen) atoms. The lowest BCUT2D eigenvalue weighted by atomic mass is 9.70. The number of ether oxygens (including phenoxy) is 1. The molecule has 1 unspecified atom stereocenters. The molecule has 0 aromatic heterocycles. The van der Waals surface area contributed by atoms with Crippen LogP contribution in [0.15, 0.2) is 24.3 Å². The summed E-state index contributed by atoms with van der Waals surface area (Å²) in [4.78, 5) is 11.0. The van der Waals surface area contributed by atoms with Gasteiger partial charge in [-0.05, 0) is 24.0 Å². The zero-order valence-corrected chi connectivity index (χ0v) is 13.8. The molecule has 1 aromatic rings. The summed E-state index contributed by atoms with van der Waals surface area (Å²) in [5.74, 6) is -0.173. The molecule has 1 saturated heterocycles. The Balaban J connectivity index is 2.51. The zero-order valence-electron chi connectivity index (χ0n) is 13.0. The number of hydrogen-bond acceptors (Lipinski definition) is 5. The van der Waals surface area contributed by atoms with Crippen LogP contribution in [0, 0.1) is 11.8 Å². The normalized spacial score (nSPS) is 24.3. The zero-order chi connectivity index (χ0) is 15.7. The molecule has 1 fully saturated rings. The molecule has 5 nitrogen and oxygen atoms in total. The molecule has 1 aromatic carbocycles. The van der Waals surface area contributed by atoms with E-state index < -0.39 is 20.1 Å². The summed E-state index contributed by atoms with van der Waals surface area (Å²) in [5, 5.41) is 0. The highest BCUT2D eigenvalue weighted by atomic mass is 31.1. The Morgan fingerprint density at radius 2 is 1.81 bits per heavy atom. The fourth-order valence-electron chi connectivity index (χ4n) is 3.22. The van der Waals surface area contributed by atoms with Crippen molar-refractivity contribution < 1.29 is 23.6 Å². The summed E-state index contributed by atoms with van der Waals surface area (Å²) >= 11 is 0. The smallest absolute Gasteiger partial charge is 0.395 e. The maximum absolute atomic E-state index is 10.6. The predicted molar refractivity (Wildman–Crippen MR) is 77.9 cm³/mol. The van der Waals surface area contributed by atoms with Crippen LogP contribution in [0.2, 0.25) is 0 Å². The third kappa shape index (κ3) is 2.29. The van der Waals surface area contributed by atoms with Gasteiger partial charge in [0.2, 0.25) is 0 Å². The first-order valence-corrected chi connectivity index (χ1v) is 7.69. The highest BCUT2D eigenvalue weighted by molar-refractivity contribution is 7.17. The molecular weight excluding hydrogens is 291 g/mol. The van der Waals surface area contributed by atoms with Crippen molar-refractivity contribution in [2.45, 2.75) is 39.1 Å². The maximum atomic E-state index is 10.6. The highest BCUT2D eigenvalue weighted by Crippen LogP contribution is 2.57. The van der Waals surface area contributed by atoms with Crippen molar-refractivity contribution in [2.24, 2.45) is 11.8 Å². The average Bonchev–Trinajstić information content (AvgIpc) is 2.39. The van der Waals surface area contributed by atoms with Gasteiger partial charge in [0.1, 0.15) is 5.75 Å². The molecule has 1 heterocycles. The lowest BCUT2D eigenvalue weighted by Crippen LogP contribution is -2.70. The van der Waals surface area contributed by atoms with Crippen molar-refractivity contribution in [2.75, 3.05) is 7.11 Å². The lowest BCUT2D eigenvalue weighted by molar-refractivity contribution is -0.634. The summed E-state index contributed by atoms with van der Waals surface area (Å²) in [6, 6.07) is 7.18. The Morgan fingerprint density at radius 1 is 1.14 bits per heavy atom. The molecule has 0 spiro atoms. The van der Waals surface area contributed by atoms with Crippen molar-refractivity contribution in [3.8, 4) is 5.75 Å². The molecular formula is C15H21O5P. The van der Waals surface area contributed by atoms with Gasteiger partial charge >= 0.3 is 8.69 Å². The van der Waals surface area contributed by atoms with Gasteiger partial charge in [-0.15, -0.1) is 0 Å². The molecule has 0 saturated carbocycles. The van der Waals surface area contributed by atoms with Crippen molar-refractivity contribution in [3.63, 3.8) is 0 Å². The number of hydrogen-bond donors (Lipinski definition) is 0. The van der Waals surface area contributed by atoms with Gasteiger partial charge in [0.25, 0.3) is 5.79 Å². The maximum Gasteiger partial charge on any atom is 0.395 e. The monoisotopic (exact) mass is 312 g/mol. The second-order valence-electron chi connectivity index (χ2n) is 5.78. The molecule has 1 atom stereocenters. The van der Waals surface area contributed by atoms with Crippen LogP contribution in [0.4, 0.5) is 0 Å². The minimum Gasteiger partial charge on any atom is -0.408 e. The largest absolute Gasteiger partial charge is 0.408 e. The second kappa shape index (κ2) is 6.01. The van der Waals surface area contributed by atoms with Gasteiger partial charge in [-0.2, -0.15) is 4.89 Å². The van der Waals surface area contributed by atoms with Crippen LogP contribution in [0.25, 0.3) is 0 Å². The Kier molecular flexibility index (Phi) is 4.69. The number of methoxy groups -OCH3 is 1. The summed E-state index contributed by atoms with van der Waals surface area (Å²) in [6.07, 6.45) is 0. The molecule has 2 rings (SSSR count). The molecule has 6 heteroatoms. The van der Waals surface area contributed by atoms with Crippen molar-refractivity contribution in [1.82, 2.24) is 0 Å². The molecule has 1 aliphatic heterocycles. The third-order valence-electron chi connectivity index (χ3n) is 4.17. The Hall–Kier alpha value is -1.00. The van der Waals surface area contributed by atoms with E-state index in [-0.39, 0.29) is 11.8 Å². The summed E-state index contributed by atoms with van der Waals surface area (Å²) in [5.41, 5.74) is 0.176. The summed E-state index contributed by atoms with van der Waals surface area (Å²) < 4.78 is 21.4. The quantitative estimate of drug-likeness (QED) is 0.585. The van der Waals surface area contributed by atoms with Crippen LogP contribution in [0.1, 0.15) is 33.3 Å². The van der Waals surface area contributed by atoms with Gasteiger partial charge in [0.15, 0.2) is 5.60 Å². The van der Waals surface area contributed by atoms with Crippen LogP contribution >= 0.6 is 8.69 Å². The van der Waals surface area contributed by atoms with Gasteiger partial charge in [-0.1, -0.05) is 39.8 Å². The molecule has 0 aliphatic carbocycles. The predicted octanol–water partition coefficient (Wildman–Crippen LogP) is 4.08. The fraction of sp³-hybridized carbons (Fsp3) is 0.600. The van der Waals surface area contributed by atoms with Gasteiger partial charge in [-0.25, -0.2) is 9.45 Å². The van der Waals surface area contributed by atoms with Crippen molar-refractivity contribution in [3.05, 3.63) is 29.8 Å². The minimum atomic E-state index is -1.01. The number of rotatable bonds is 6. The van der Waals surface area contributed by atoms with E-state index in [2.05, 4.69) is 27.7 Å². The van der Waals surface area contributed by atoms with E-state index in [4.69, 9.17) is 19.0 Å². The Bertz CT molecular complexity index is 505. The van der Waals surface area contributed by atoms with Gasteiger partial charge < -0.3 is 9.26 Å². The fourth-order valence-corrected chi connectivity index (χ4v) is 3.42. The van der Waals surface area contributed by atoms with Crippen LogP contribution in [-0.4, -0.2) is 12.7 Å². The van der Waals surface area contributed by atoms with Crippen LogP contribution in [0.3, 0.4) is 0 Å². The molecule has 0 bridgehead atoms. The van der Waals surface area contributed by atoms with Gasteiger partial charge in [0.05, 0.1) is 0 Å². The average molecular weight is 312 g/mol. The van der Waals surface area contributed by atoms with E-state index in [9.17, 15) is 4.57 Å². The molecule has 0 radical (unpaired) electrons. The van der Waals surface area contributed by atoms with E-state index in [1.807, 2.05) is 12.1 Å². The van der Waals surface area contributed by atoms with E-state index in [0.29, 0.717) is 5.75 Å². The minimum absolute atomic E-state index is 0.174. The second-order valence-corrected chi connectivity index (χ2v) is 6.12. The lowest BCUT2D eigenvalue weighted by Gasteiger charge is -2.59. The highest BCUT2D eigenvalue weighted by Gasteiger charge is 2.69. The van der Waals surface area contributed by atoms with Crippen LogP contribution < -0.4 is 4.52 Å². The first-order chi connectivity index (χ1) is 9.94. The number of benzene rings is 1. The van der Waals surface area contributed by atoms with E-state index >= 15 is 0 Å². The molecule has 1 aliphatic rings. The topological polar surface area (TPSA) is 54.0 Å². The Labute approximate surface area is 126 Å². The molecule has 116 valence electrons. The first-order valence-electron chi connectivity index (χ1n) is 6.96. The van der Waals surface area contributed by atoms with Crippen molar-refractivity contribution in [1.29, 1.82) is 0 Å². The van der Waals surface area contributed by atoms with E-state index in [1.54, 1.807) is 19.2 Å². The summed E-state index contributed by atoms with van der Waals surface area (Å²) in [6.45, 7) is 8.31. The van der Waals surface area contributed by atoms with E-state index in [1.165, 1.54) is 0 Å². The third-order valence-corrected chi connectivity index (χ3v) is 4.46. The van der Waals surface area contributed by atoms with Crippen molar-refractivity contribution >= 4 is 8.69 Å². The molecule has 0 amide bonds. The first kappa shape index (κ1) is 16.4. The SMILES string of the molecule is COC1(c2cccc(OP=O)c2)OOC1(C(C)C)C(C)C. The van der Waals surface area contributed by atoms with Crippen LogP contribution in [0.5, 0.6) is 5.75 Å². The van der Waals surface area contributed by atoms with Gasteiger partial charge in [-0.3, -0.25) is 0 Å². The van der Waals surface area contributed by atoms with Gasteiger partial charge in [0, 0.05) is 12.7 Å². The Morgan fingerprint density at radius 3 is 2.24 bits per heavy atom.